The van der Waals surface area contributed by atoms with Crippen molar-refractivity contribution < 1.29 is 14.3 Å². The highest BCUT2D eigenvalue weighted by atomic mass is 16.5. The number of likely N-dealkylation sites (N-methyl/N-ethyl adjacent to an activating group) is 1. The van der Waals surface area contributed by atoms with Crippen molar-refractivity contribution in [1.29, 1.82) is 0 Å². The first kappa shape index (κ1) is 18.2. The van der Waals surface area contributed by atoms with E-state index in [1.807, 2.05) is 56.5 Å². The van der Waals surface area contributed by atoms with Crippen LogP contribution < -0.4 is 19.3 Å². The van der Waals surface area contributed by atoms with Gasteiger partial charge >= 0.3 is 0 Å². The maximum absolute atomic E-state index is 13.8. The maximum atomic E-state index is 13.8. The highest BCUT2D eigenvalue weighted by molar-refractivity contribution is 6.13. The fourth-order valence-electron chi connectivity index (χ4n) is 5.13. The van der Waals surface area contributed by atoms with Crippen LogP contribution in [0.25, 0.3) is 11.1 Å². The Hall–Kier alpha value is -3.54. The van der Waals surface area contributed by atoms with Gasteiger partial charge in [0.1, 0.15) is 29.3 Å². The first-order valence-electron chi connectivity index (χ1n) is 10.5. The molecule has 0 saturated carbocycles. The molecule has 1 spiro atoms. The lowest BCUT2D eigenvalue weighted by atomic mass is 9.74. The molecule has 1 amide bonds. The normalized spacial score (nSPS) is 20.4. The molecule has 4 heterocycles. The molecule has 1 aromatic heterocycles. The van der Waals surface area contributed by atoms with Gasteiger partial charge in [0, 0.05) is 62.2 Å². The summed E-state index contributed by atoms with van der Waals surface area (Å²) in [5.41, 5.74) is 5.16. The standard InChI is InChI=1S/C25H23N3O3/c1-27(2)22-8-7-16(13-26-22)17-5-4-6-19-23(17)25(24(29)28(19)3)14-31-21-12-20-15(9-10-30-20)11-18(21)25/h4-8,11-13H,9-10,14H2,1-3H3. The Labute approximate surface area is 181 Å². The van der Waals surface area contributed by atoms with Crippen LogP contribution in [0.4, 0.5) is 11.5 Å². The van der Waals surface area contributed by atoms with Gasteiger partial charge in [0.15, 0.2) is 0 Å². The second kappa shape index (κ2) is 6.23. The van der Waals surface area contributed by atoms with E-state index in [9.17, 15) is 4.79 Å². The number of rotatable bonds is 2. The van der Waals surface area contributed by atoms with E-state index in [0.717, 1.165) is 57.2 Å². The van der Waals surface area contributed by atoms with Crippen LogP contribution in [0.2, 0.25) is 0 Å². The van der Waals surface area contributed by atoms with Crippen molar-refractivity contribution in [3.05, 3.63) is 65.4 Å². The zero-order chi connectivity index (χ0) is 21.3. The monoisotopic (exact) mass is 413 g/mol. The quantitative estimate of drug-likeness (QED) is 0.645. The second-order valence-corrected chi connectivity index (χ2v) is 8.61. The average Bonchev–Trinajstić information content (AvgIpc) is 3.45. The van der Waals surface area contributed by atoms with Crippen molar-refractivity contribution in [1.82, 2.24) is 4.98 Å². The Morgan fingerprint density at radius 1 is 1.10 bits per heavy atom. The minimum absolute atomic E-state index is 0.0467. The van der Waals surface area contributed by atoms with E-state index in [1.54, 1.807) is 4.90 Å². The number of carbonyl (C=O) groups is 1. The smallest absolute Gasteiger partial charge is 0.245 e. The van der Waals surface area contributed by atoms with E-state index in [0.29, 0.717) is 13.2 Å². The van der Waals surface area contributed by atoms with Crippen LogP contribution in [0.5, 0.6) is 11.5 Å². The molecule has 0 aliphatic carbocycles. The maximum Gasteiger partial charge on any atom is 0.245 e. The molecule has 1 atom stereocenters. The Bertz CT molecular complexity index is 1240. The van der Waals surface area contributed by atoms with Crippen molar-refractivity contribution in [3.8, 4) is 22.6 Å². The molecule has 0 fully saturated rings. The van der Waals surface area contributed by atoms with Gasteiger partial charge in [0.25, 0.3) is 0 Å². The molecule has 0 bridgehead atoms. The van der Waals surface area contributed by atoms with Gasteiger partial charge in [0.2, 0.25) is 5.91 Å². The van der Waals surface area contributed by atoms with E-state index in [1.165, 1.54) is 0 Å². The van der Waals surface area contributed by atoms with Crippen LogP contribution >= 0.6 is 0 Å². The van der Waals surface area contributed by atoms with Crippen molar-refractivity contribution in [2.75, 3.05) is 44.2 Å². The minimum Gasteiger partial charge on any atom is -0.493 e. The molecule has 0 radical (unpaired) electrons. The molecule has 156 valence electrons. The van der Waals surface area contributed by atoms with Gasteiger partial charge in [0.05, 0.1) is 6.61 Å². The predicted octanol–water partition coefficient (Wildman–Crippen LogP) is 3.40. The third-order valence-electron chi connectivity index (χ3n) is 6.71. The van der Waals surface area contributed by atoms with Gasteiger partial charge in [-0.3, -0.25) is 4.79 Å². The summed E-state index contributed by atoms with van der Waals surface area (Å²) in [6.07, 6.45) is 2.74. The van der Waals surface area contributed by atoms with Crippen LogP contribution in [-0.2, 0) is 16.6 Å². The fraction of sp³-hybridized carbons (Fsp3) is 0.280. The summed E-state index contributed by atoms with van der Waals surface area (Å²) in [5, 5.41) is 0. The molecule has 1 unspecified atom stereocenters. The van der Waals surface area contributed by atoms with Gasteiger partial charge in [-0.2, -0.15) is 0 Å². The molecule has 0 N–H and O–H groups in total. The van der Waals surface area contributed by atoms with Crippen LogP contribution in [0, 0.1) is 0 Å². The number of nitrogens with zero attached hydrogens (tertiary/aromatic N) is 3. The lowest BCUT2D eigenvalue weighted by molar-refractivity contribution is -0.121. The summed E-state index contributed by atoms with van der Waals surface area (Å²) >= 11 is 0. The van der Waals surface area contributed by atoms with Crippen LogP contribution in [0.15, 0.2) is 48.7 Å². The van der Waals surface area contributed by atoms with E-state index in [4.69, 9.17) is 9.47 Å². The number of hydrogen-bond donors (Lipinski definition) is 0. The van der Waals surface area contributed by atoms with E-state index >= 15 is 0 Å². The van der Waals surface area contributed by atoms with E-state index < -0.39 is 5.41 Å². The highest BCUT2D eigenvalue weighted by Gasteiger charge is 2.57. The number of amides is 1. The molecule has 6 heteroatoms. The van der Waals surface area contributed by atoms with Crippen LogP contribution in [0.3, 0.4) is 0 Å². The predicted molar refractivity (Wildman–Crippen MR) is 119 cm³/mol. The molecular formula is C25H23N3O3. The summed E-state index contributed by atoms with van der Waals surface area (Å²) in [4.78, 5) is 22.1. The molecule has 6 rings (SSSR count). The summed E-state index contributed by atoms with van der Waals surface area (Å²) in [6.45, 7) is 0.965. The first-order chi connectivity index (χ1) is 15.0. The first-order valence-corrected chi connectivity index (χ1v) is 10.5. The number of anilines is 2. The SMILES string of the molecule is CN(C)c1ccc(-c2cccc3c2C2(COc4cc5c(cc42)CCO5)C(=O)N3C)cn1. The summed E-state index contributed by atoms with van der Waals surface area (Å²) < 4.78 is 11.9. The zero-order valence-corrected chi connectivity index (χ0v) is 17.8. The molecule has 31 heavy (non-hydrogen) atoms. The van der Waals surface area contributed by atoms with Gasteiger partial charge in [-0.25, -0.2) is 4.98 Å². The van der Waals surface area contributed by atoms with Gasteiger partial charge in [-0.05, 0) is 35.4 Å². The number of hydrogen-bond acceptors (Lipinski definition) is 5. The largest absolute Gasteiger partial charge is 0.493 e. The number of fused-ring (bicyclic) bond motifs is 5. The molecule has 6 nitrogen and oxygen atoms in total. The van der Waals surface area contributed by atoms with E-state index in [2.05, 4.69) is 23.2 Å². The van der Waals surface area contributed by atoms with Gasteiger partial charge in [-0.15, -0.1) is 0 Å². The summed E-state index contributed by atoms with van der Waals surface area (Å²) in [5.74, 6) is 2.55. The molecule has 3 aliphatic rings. The molecule has 0 saturated heterocycles. The third kappa shape index (κ3) is 2.33. The van der Waals surface area contributed by atoms with Gasteiger partial charge in [-0.1, -0.05) is 12.1 Å². The Morgan fingerprint density at radius 2 is 1.97 bits per heavy atom. The molecule has 3 aliphatic heterocycles. The van der Waals surface area contributed by atoms with Crippen molar-refractivity contribution in [3.63, 3.8) is 0 Å². The number of pyridine rings is 1. The number of carbonyl (C=O) groups excluding carboxylic acids is 1. The summed E-state index contributed by atoms with van der Waals surface area (Å²) in [7, 11) is 5.79. The van der Waals surface area contributed by atoms with E-state index in [-0.39, 0.29) is 5.91 Å². The third-order valence-corrected chi connectivity index (χ3v) is 6.71. The van der Waals surface area contributed by atoms with Crippen molar-refractivity contribution in [2.24, 2.45) is 0 Å². The highest BCUT2D eigenvalue weighted by Crippen LogP contribution is 2.56. The Kier molecular flexibility index (Phi) is 3.67. The lowest BCUT2D eigenvalue weighted by Crippen LogP contribution is -2.41. The fourth-order valence-corrected chi connectivity index (χ4v) is 5.13. The second-order valence-electron chi connectivity index (χ2n) is 8.61. The average molecular weight is 413 g/mol. The molecule has 3 aromatic rings. The summed E-state index contributed by atoms with van der Waals surface area (Å²) in [6, 6.07) is 14.2. The van der Waals surface area contributed by atoms with Crippen LogP contribution in [-0.4, -0.2) is 45.2 Å². The minimum atomic E-state index is -0.853. The Morgan fingerprint density at radius 3 is 2.74 bits per heavy atom. The molecule has 2 aromatic carbocycles. The number of ether oxygens (including phenoxy) is 2. The van der Waals surface area contributed by atoms with Crippen LogP contribution in [0.1, 0.15) is 16.7 Å². The topological polar surface area (TPSA) is 54.9 Å². The Balaban J connectivity index is 1.59. The van der Waals surface area contributed by atoms with Crippen molar-refractivity contribution in [2.45, 2.75) is 11.8 Å². The lowest BCUT2D eigenvalue weighted by Gasteiger charge is -2.24. The number of benzene rings is 2. The number of aromatic nitrogens is 1. The molecular weight excluding hydrogens is 390 g/mol. The zero-order valence-electron chi connectivity index (χ0n) is 17.8. The van der Waals surface area contributed by atoms with Crippen molar-refractivity contribution >= 4 is 17.4 Å². The van der Waals surface area contributed by atoms with Gasteiger partial charge < -0.3 is 19.3 Å².